The van der Waals surface area contributed by atoms with E-state index >= 15 is 0 Å². The third kappa shape index (κ3) is 4.09. The largest absolute Gasteiger partial charge is 0.538 e. The van der Waals surface area contributed by atoms with Crippen LogP contribution in [0.1, 0.15) is 0 Å². The van der Waals surface area contributed by atoms with Crippen LogP contribution >= 0.6 is 14.4 Å². The van der Waals surface area contributed by atoms with Crippen molar-refractivity contribution in [1.29, 1.82) is 0 Å². The molecule has 0 saturated carbocycles. The normalized spacial score (nSPS) is 20.9. The van der Waals surface area contributed by atoms with Gasteiger partial charge in [-0.25, -0.2) is 4.57 Å². The Morgan fingerprint density at radius 2 is 1.47 bits per heavy atom. The number of halogens is 5. The molecule has 0 aliphatic carbocycles. The average molecular weight is 348 g/mol. The van der Waals surface area contributed by atoms with E-state index in [4.69, 9.17) is 4.89 Å². The maximum absolute atomic E-state index is 12.8. The summed E-state index contributed by atoms with van der Waals surface area (Å²) in [6.45, 7) is -6.07. The minimum atomic E-state index is -8.54. The Labute approximate surface area is 104 Å². The molecule has 1 aromatic carbocycles. The second-order valence-electron chi connectivity index (χ2n) is 3.08. The van der Waals surface area contributed by atoms with Crippen LogP contribution in [0.3, 0.4) is 0 Å². The third-order valence-electron chi connectivity index (χ3n) is 1.68. The molecule has 2 unspecified atom stereocenters. The van der Waals surface area contributed by atoms with Gasteiger partial charge in [0.25, 0.3) is 0 Å². The standard InChI is InChI=1S/C6H7F5O5P2S/c7-18(13,14)16-15-17(12,19(8,9,10)11)6-4-2-1-3-5-6/h1-5,12H,(H,13,14). The molecule has 0 fully saturated rings. The molecule has 0 spiro atoms. The first kappa shape index (κ1) is 16.8. The topological polar surface area (TPSA) is 76.0 Å². The van der Waals surface area contributed by atoms with Gasteiger partial charge in [0.1, 0.15) is 0 Å². The van der Waals surface area contributed by atoms with Gasteiger partial charge in [0.2, 0.25) is 0 Å². The number of benzene rings is 1. The highest BCUT2D eigenvalue weighted by Crippen LogP contribution is 2.66. The van der Waals surface area contributed by atoms with Crippen LogP contribution < -0.4 is 5.30 Å². The van der Waals surface area contributed by atoms with Crippen molar-refractivity contribution in [2.24, 2.45) is 0 Å². The third-order valence-corrected chi connectivity index (χ3v) is 7.09. The van der Waals surface area contributed by atoms with Gasteiger partial charge in [-0.1, -0.05) is 18.2 Å². The summed E-state index contributed by atoms with van der Waals surface area (Å²) >= 11 is 0. The van der Waals surface area contributed by atoms with Crippen LogP contribution in [-0.4, -0.2) is 9.79 Å². The van der Waals surface area contributed by atoms with Gasteiger partial charge in [-0.05, 0) is 12.1 Å². The van der Waals surface area contributed by atoms with Crippen molar-refractivity contribution in [2.45, 2.75) is 0 Å². The summed E-state index contributed by atoms with van der Waals surface area (Å²) in [5.41, 5.74) is 0. The molecule has 0 aromatic heterocycles. The van der Waals surface area contributed by atoms with Crippen molar-refractivity contribution in [1.82, 2.24) is 0 Å². The highest BCUT2D eigenvalue weighted by atomic mass is 32.7. The monoisotopic (exact) mass is 348 g/mol. The van der Waals surface area contributed by atoms with Crippen molar-refractivity contribution < 1.29 is 43.4 Å². The number of rotatable bonds is 4. The average Bonchev–Trinajstić information content (AvgIpc) is 2.23. The maximum Gasteiger partial charge on any atom is 0.538 e. The van der Waals surface area contributed by atoms with Crippen molar-refractivity contribution in [3.63, 3.8) is 0 Å². The summed E-state index contributed by atoms with van der Waals surface area (Å²) < 4.78 is 79.6. The van der Waals surface area contributed by atoms with E-state index in [1.165, 1.54) is 6.07 Å². The van der Waals surface area contributed by atoms with E-state index in [2.05, 4.69) is 9.35 Å². The van der Waals surface area contributed by atoms with Gasteiger partial charge >= 0.3 is 24.3 Å². The van der Waals surface area contributed by atoms with Crippen LogP contribution in [0.2, 0.25) is 0 Å². The summed E-state index contributed by atoms with van der Waals surface area (Å²) in [7, 11) is -14.5. The molecule has 13 heteroatoms. The molecule has 2 atom stereocenters. The van der Waals surface area contributed by atoms with E-state index in [9.17, 15) is 29.2 Å². The molecule has 19 heavy (non-hydrogen) atoms. The van der Waals surface area contributed by atoms with E-state index in [0.717, 1.165) is 12.1 Å². The van der Waals surface area contributed by atoms with Gasteiger partial charge in [0, 0.05) is 5.30 Å². The minimum Gasteiger partial charge on any atom is -0.338 e. The lowest BCUT2D eigenvalue weighted by Gasteiger charge is -2.26. The van der Waals surface area contributed by atoms with Crippen molar-refractivity contribution in [3.8, 4) is 0 Å². The van der Waals surface area contributed by atoms with E-state index in [1.807, 2.05) is 0 Å². The quantitative estimate of drug-likeness (QED) is 0.378. The van der Waals surface area contributed by atoms with E-state index in [0.29, 0.717) is 12.1 Å². The van der Waals surface area contributed by atoms with E-state index < -0.39 is 29.6 Å². The van der Waals surface area contributed by atoms with Crippen LogP contribution in [0, 0.1) is 0 Å². The predicted octanol–water partition coefficient (Wildman–Crippen LogP) is 3.31. The molecule has 5 nitrogen and oxygen atoms in total. The highest BCUT2D eigenvalue weighted by Gasteiger charge is 2.50. The van der Waals surface area contributed by atoms with Crippen LogP contribution in [0.4, 0.5) is 19.7 Å². The summed E-state index contributed by atoms with van der Waals surface area (Å²) in [5.74, 6) is 0. The fourth-order valence-corrected chi connectivity index (χ4v) is 4.53. The molecule has 1 aromatic rings. The Balaban J connectivity index is 3.48. The lowest BCUT2D eigenvalue weighted by Crippen LogP contribution is -2.18. The molecule has 112 valence electrons. The molecule has 0 bridgehead atoms. The van der Waals surface area contributed by atoms with Crippen molar-refractivity contribution >= 4 is 29.6 Å². The summed E-state index contributed by atoms with van der Waals surface area (Å²) in [6.07, 6.45) is 0. The fraction of sp³-hybridized carbons (Fsp3) is 0. The van der Waals surface area contributed by atoms with Crippen molar-refractivity contribution in [2.75, 3.05) is 0 Å². The minimum absolute atomic E-state index is 0.659. The highest BCUT2D eigenvalue weighted by molar-refractivity contribution is 8.42. The predicted molar refractivity (Wildman–Crippen MR) is 60.1 cm³/mol. The first-order valence-corrected chi connectivity index (χ1v) is 9.59. The molecule has 0 aliphatic heterocycles. The van der Waals surface area contributed by atoms with Gasteiger partial charge in [0.15, 0.2) is 0 Å². The van der Waals surface area contributed by atoms with Gasteiger partial charge in [-0.15, -0.1) is 24.4 Å². The van der Waals surface area contributed by atoms with E-state index in [1.54, 1.807) is 0 Å². The van der Waals surface area contributed by atoms with Crippen LogP contribution in [-0.2, 0) is 23.8 Å². The molecule has 0 heterocycles. The smallest absolute Gasteiger partial charge is 0.338 e. The molecular formula is C6H7F5O5P2S. The number of hydrogen-bond acceptors (Lipinski definition) is 3. The zero-order chi connectivity index (χ0) is 15.0. The Kier molecular flexibility index (Phi) is 4.35. The summed E-state index contributed by atoms with van der Waals surface area (Å²) in [4.78, 5) is 17.4. The molecule has 0 aliphatic rings. The maximum atomic E-state index is 12.8. The molecular weight excluding hydrogens is 341 g/mol. The van der Waals surface area contributed by atoms with E-state index in [-0.39, 0.29) is 0 Å². The Bertz CT molecular complexity index is 586. The number of hydrogen-bond donors (Lipinski definition) is 2. The van der Waals surface area contributed by atoms with Crippen molar-refractivity contribution in [3.05, 3.63) is 30.3 Å². The molecule has 2 N–H and O–H groups in total. The zero-order valence-corrected chi connectivity index (χ0v) is 11.3. The lowest BCUT2D eigenvalue weighted by molar-refractivity contribution is -0.115. The van der Waals surface area contributed by atoms with Crippen LogP contribution in [0.15, 0.2) is 30.3 Å². The van der Waals surface area contributed by atoms with Crippen LogP contribution in [0.25, 0.3) is 0 Å². The Morgan fingerprint density at radius 3 is 1.84 bits per heavy atom. The lowest BCUT2D eigenvalue weighted by atomic mass is 10.4. The van der Waals surface area contributed by atoms with Gasteiger partial charge < -0.3 is 4.89 Å². The first-order valence-electron chi connectivity index (χ1n) is 4.22. The second-order valence-corrected chi connectivity index (χ2v) is 10.2. The molecule has 1 rings (SSSR count). The van der Waals surface area contributed by atoms with Gasteiger partial charge in [-0.3, -0.25) is 4.89 Å². The second kappa shape index (κ2) is 4.92. The molecule has 0 amide bonds. The zero-order valence-electron chi connectivity index (χ0n) is 8.70. The SMILES string of the molecule is O=P(O)(F)OOP(O)(c1ccccc1)=S(F)(F)(F)F. The summed E-state index contributed by atoms with van der Waals surface area (Å²) in [6, 6.07) is 4.63. The van der Waals surface area contributed by atoms with Gasteiger partial charge in [0.05, 0.1) is 0 Å². The Hall–Kier alpha value is -0.280. The fourth-order valence-electron chi connectivity index (χ4n) is 0.951. The first-order chi connectivity index (χ1) is 8.32. The molecule has 0 saturated heterocycles. The molecule has 0 radical (unpaired) electrons. The summed E-state index contributed by atoms with van der Waals surface area (Å²) in [5, 5.41) is -1.07. The van der Waals surface area contributed by atoms with Gasteiger partial charge in [-0.2, -0.15) is 4.67 Å². The Morgan fingerprint density at radius 1 is 1.00 bits per heavy atom. The van der Waals surface area contributed by atoms with Crippen LogP contribution in [0.5, 0.6) is 0 Å².